The summed E-state index contributed by atoms with van der Waals surface area (Å²) in [6.07, 6.45) is 0.504. The minimum absolute atomic E-state index is 0.169. The second-order valence-corrected chi connectivity index (χ2v) is 5.40. The fourth-order valence-corrected chi connectivity index (χ4v) is 3.28. The van der Waals surface area contributed by atoms with E-state index < -0.39 is 11.8 Å². The van der Waals surface area contributed by atoms with Crippen molar-refractivity contribution in [2.75, 3.05) is 0 Å². The van der Waals surface area contributed by atoms with Crippen LogP contribution >= 0.6 is 27.3 Å². The number of carboxylic acid groups (broad SMARTS) is 1. The van der Waals surface area contributed by atoms with Crippen molar-refractivity contribution in [3.63, 3.8) is 0 Å². The van der Waals surface area contributed by atoms with Crippen molar-refractivity contribution in [3.8, 4) is 10.6 Å². The van der Waals surface area contributed by atoms with Crippen LogP contribution in [-0.2, 0) is 6.42 Å². The molecule has 0 aliphatic carbocycles. The molecule has 0 bridgehead atoms. The molecule has 3 nitrogen and oxygen atoms in total. The third kappa shape index (κ3) is 2.30. The highest BCUT2D eigenvalue weighted by atomic mass is 79.9. The first-order valence-corrected chi connectivity index (χ1v) is 6.83. The molecule has 2 rings (SSSR count). The Kier molecular flexibility index (Phi) is 3.77. The van der Waals surface area contributed by atoms with E-state index in [9.17, 15) is 9.18 Å². The Morgan fingerprint density at radius 2 is 2.28 bits per heavy atom. The van der Waals surface area contributed by atoms with Crippen molar-refractivity contribution in [1.82, 2.24) is 4.98 Å². The Hall–Kier alpha value is -1.27. The monoisotopic (exact) mass is 329 g/mol. The number of hydrogen-bond donors (Lipinski definition) is 1. The van der Waals surface area contributed by atoms with Crippen molar-refractivity contribution in [2.24, 2.45) is 0 Å². The molecule has 1 aromatic heterocycles. The van der Waals surface area contributed by atoms with Gasteiger partial charge in [-0.3, -0.25) is 0 Å². The van der Waals surface area contributed by atoms with E-state index in [2.05, 4.69) is 20.9 Å². The molecule has 1 aromatic carbocycles. The number of aromatic nitrogens is 1. The quantitative estimate of drug-likeness (QED) is 0.926. The van der Waals surface area contributed by atoms with Gasteiger partial charge in [0.15, 0.2) is 0 Å². The topological polar surface area (TPSA) is 50.2 Å². The van der Waals surface area contributed by atoms with E-state index >= 15 is 0 Å². The van der Waals surface area contributed by atoms with Gasteiger partial charge in [0.05, 0.1) is 11.3 Å². The summed E-state index contributed by atoms with van der Waals surface area (Å²) < 4.78 is 14.3. The zero-order chi connectivity index (χ0) is 13.3. The van der Waals surface area contributed by atoms with E-state index in [1.165, 1.54) is 6.07 Å². The molecule has 0 unspecified atom stereocenters. The van der Waals surface area contributed by atoms with Gasteiger partial charge in [0, 0.05) is 4.47 Å². The molecule has 0 saturated heterocycles. The van der Waals surface area contributed by atoms with Gasteiger partial charge in [-0.05, 0) is 34.5 Å². The molecule has 6 heteroatoms. The highest BCUT2D eigenvalue weighted by Crippen LogP contribution is 2.35. The van der Waals surface area contributed by atoms with Crippen LogP contribution in [-0.4, -0.2) is 16.1 Å². The molecule has 0 spiro atoms. The number of benzene rings is 1. The largest absolute Gasteiger partial charge is 0.477 e. The number of hydrogen-bond acceptors (Lipinski definition) is 3. The van der Waals surface area contributed by atoms with E-state index in [0.29, 0.717) is 27.2 Å². The lowest BCUT2D eigenvalue weighted by atomic mass is 10.2. The van der Waals surface area contributed by atoms with Crippen LogP contribution in [0, 0.1) is 5.82 Å². The highest BCUT2D eigenvalue weighted by molar-refractivity contribution is 9.10. The van der Waals surface area contributed by atoms with E-state index in [-0.39, 0.29) is 4.88 Å². The molecule has 18 heavy (non-hydrogen) atoms. The molecule has 0 fully saturated rings. The third-order valence-corrected chi connectivity index (χ3v) is 4.17. The van der Waals surface area contributed by atoms with Crippen LogP contribution in [0.25, 0.3) is 10.6 Å². The number of aromatic carboxylic acids is 1. The van der Waals surface area contributed by atoms with E-state index in [4.69, 9.17) is 5.11 Å². The smallest absolute Gasteiger partial charge is 0.347 e. The summed E-state index contributed by atoms with van der Waals surface area (Å²) in [5, 5.41) is 9.44. The number of carboxylic acids is 1. The molecule has 0 aliphatic rings. The molecule has 0 amide bonds. The molecular formula is C12H9BrFNO2S. The van der Waals surface area contributed by atoms with Crippen molar-refractivity contribution in [1.29, 1.82) is 0 Å². The SMILES string of the molecule is CCc1nc(-c2c(F)cccc2Br)sc1C(=O)O. The summed E-state index contributed by atoms with van der Waals surface area (Å²) in [7, 11) is 0. The van der Waals surface area contributed by atoms with Crippen LogP contribution in [0.3, 0.4) is 0 Å². The Bertz CT molecular complexity index is 592. The molecule has 0 atom stereocenters. The van der Waals surface area contributed by atoms with Crippen LogP contribution in [0.15, 0.2) is 22.7 Å². The predicted octanol–water partition coefficient (Wildman–Crippen LogP) is 3.97. The molecular weight excluding hydrogens is 321 g/mol. The Morgan fingerprint density at radius 3 is 2.78 bits per heavy atom. The van der Waals surface area contributed by atoms with Gasteiger partial charge in [-0.15, -0.1) is 11.3 Å². The Labute approximate surface area is 115 Å². The lowest BCUT2D eigenvalue weighted by Gasteiger charge is -2.01. The zero-order valence-electron chi connectivity index (χ0n) is 9.41. The zero-order valence-corrected chi connectivity index (χ0v) is 11.8. The average Bonchev–Trinajstić information content (AvgIpc) is 2.73. The number of halogens is 2. The lowest BCUT2D eigenvalue weighted by molar-refractivity contribution is 0.0701. The Balaban J connectivity index is 2.62. The number of thiazole rings is 1. The summed E-state index contributed by atoms with van der Waals surface area (Å²) in [5.74, 6) is -1.44. The average molecular weight is 330 g/mol. The van der Waals surface area contributed by atoms with Crippen LogP contribution in [0.5, 0.6) is 0 Å². The van der Waals surface area contributed by atoms with Crippen molar-refractivity contribution in [3.05, 3.63) is 39.1 Å². The highest BCUT2D eigenvalue weighted by Gasteiger charge is 2.20. The molecule has 2 aromatic rings. The summed E-state index contributed by atoms with van der Waals surface area (Å²) in [6.45, 7) is 1.82. The van der Waals surface area contributed by atoms with Gasteiger partial charge in [0.25, 0.3) is 0 Å². The van der Waals surface area contributed by atoms with Crippen LogP contribution < -0.4 is 0 Å². The van der Waals surface area contributed by atoms with Crippen LogP contribution in [0.4, 0.5) is 4.39 Å². The second-order valence-electron chi connectivity index (χ2n) is 3.55. The number of nitrogens with zero attached hydrogens (tertiary/aromatic N) is 1. The summed E-state index contributed by atoms with van der Waals surface area (Å²) in [5.41, 5.74) is 0.794. The first-order chi connectivity index (χ1) is 8.54. The van der Waals surface area contributed by atoms with Gasteiger partial charge in [-0.1, -0.05) is 13.0 Å². The first kappa shape index (κ1) is 13.2. The third-order valence-electron chi connectivity index (χ3n) is 2.40. The summed E-state index contributed by atoms with van der Waals surface area (Å²) >= 11 is 4.25. The first-order valence-electron chi connectivity index (χ1n) is 5.22. The van der Waals surface area contributed by atoms with Gasteiger partial charge < -0.3 is 5.11 Å². The molecule has 0 aliphatic heterocycles. The van der Waals surface area contributed by atoms with E-state index in [0.717, 1.165) is 11.3 Å². The standard InChI is InChI=1S/C12H9BrFNO2S/c1-2-8-10(12(16)17)18-11(15-8)9-6(13)4-3-5-7(9)14/h3-5H,2H2,1H3,(H,16,17). The molecule has 0 radical (unpaired) electrons. The second kappa shape index (κ2) is 5.16. The maximum atomic E-state index is 13.8. The van der Waals surface area contributed by atoms with Crippen molar-refractivity contribution in [2.45, 2.75) is 13.3 Å². The molecule has 1 heterocycles. The molecule has 94 valence electrons. The molecule has 0 saturated carbocycles. The van der Waals surface area contributed by atoms with Crippen molar-refractivity contribution >= 4 is 33.2 Å². The Morgan fingerprint density at radius 1 is 1.56 bits per heavy atom. The van der Waals surface area contributed by atoms with Crippen LogP contribution in [0.2, 0.25) is 0 Å². The van der Waals surface area contributed by atoms with E-state index in [1.807, 2.05) is 6.92 Å². The molecule has 1 N–H and O–H groups in total. The van der Waals surface area contributed by atoms with Crippen molar-refractivity contribution < 1.29 is 14.3 Å². The fourth-order valence-electron chi connectivity index (χ4n) is 1.57. The number of aryl methyl sites for hydroxylation is 1. The minimum atomic E-state index is -1.02. The predicted molar refractivity (Wildman–Crippen MR) is 71.5 cm³/mol. The van der Waals surface area contributed by atoms with E-state index in [1.54, 1.807) is 12.1 Å². The van der Waals surface area contributed by atoms with Gasteiger partial charge in [-0.2, -0.15) is 0 Å². The maximum Gasteiger partial charge on any atom is 0.347 e. The van der Waals surface area contributed by atoms with Gasteiger partial charge >= 0.3 is 5.97 Å². The van der Waals surface area contributed by atoms with Crippen LogP contribution in [0.1, 0.15) is 22.3 Å². The lowest BCUT2D eigenvalue weighted by Crippen LogP contribution is -1.97. The summed E-state index contributed by atoms with van der Waals surface area (Å²) in [6, 6.07) is 4.61. The normalized spacial score (nSPS) is 10.6. The fraction of sp³-hybridized carbons (Fsp3) is 0.167. The van der Waals surface area contributed by atoms with Gasteiger partial charge in [0.2, 0.25) is 0 Å². The number of rotatable bonds is 3. The minimum Gasteiger partial charge on any atom is -0.477 e. The van der Waals surface area contributed by atoms with Gasteiger partial charge in [0.1, 0.15) is 15.7 Å². The number of carbonyl (C=O) groups is 1. The summed E-state index contributed by atoms with van der Waals surface area (Å²) in [4.78, 5) is 15.4. The maximum absolute atomic E-state index is 13.8. The van der Waals surface area contributed by atoms with Gasteiger partial charge in [-0.25, -0.2) is 14.2 Å².